The number of ether oxygens (including phenoxy) is 2. The van der Waals surface area contributed by atoms with Crippen molar-refractivity contribution in [1.82, 2.24) is 4.57 Å². The third-order valence-electron chi connectivity index (χ3n) is 6.32. The van der Waals surface area contributed by atoms with Crippen LogP contribution in [0.15, 0.2) is 70.4 Å². The van der Waals surface area contributed by atoms with Crippen molar-refractivity contribution in [2.24, 2.45) is 0 Å². The van der Waals surface area contributed by atoms with Gasteiger partial charge in [-0.25, -0.2) is 8.42 Å². The van der Waals surface area contributed by atoms with Gasteiger partial charge >= 0.3 is 4.87 Å². The Morgan fingerprint density at radius 1 is 1.11 bits per heavy atom. The average molecular weight is 554 g/mol. The van der Waals surface area contributed by atoms with Gasteiger partial charge in [-0.3, -0.25) is 18.5 Å². The fourth-order valence-corrected chi connectivity index (χ4v) is 6.95. The summed E-state index contributed by atoms with van der Waals surface area (Å²) in [7, 11) is -2.51. The number of amides is 1. The van der Waals surface area contributed by atoms with Crippen molar-refractivity contribution in [3.63, 3.8) is 0 Å². The Labute approximate surface area is 224 Å². The minimum absolute atomic E-state index is 0.00895. The first-order chi connectivity index (χ1) is 18.1. The van der Waals surface area contributed by atoms with Gasteiger partial charge in [0.15, 0.2) is 6.10 Å². The van der Waals surface area contributed by atoms with E-state index in [0.717, 1.165) is 27.1 Å². The Balaban J connectivity index is 1.46. The molecule has 4 aromatic rings. The number of fused-ring (bicyclic) bond motifs is 2. The Morgan fingerprint density at radius 3 is 2.53 bits per heavy atom. The summed E-state index contributed by atoms with van der Waals surface area (Å²) in [5.74, 6) is 0.327. The molecule has 198 valence electrons. The van der Waals surface area contributed by atoms with Gasteiger partial charge in [-0.05, 0) is 80.9 Å². The van der Waals surface area contributed by atoms with Crippen molar-refractivity contribution in [2.45, 2.75) is 37.8 Å². The SMILES string of the molecule is COc1ccc(S(=O)(=O)N2C[C@@H](C(=O)Nc3ccc4c(c3)sc(=O)n4C(C)C)Oc3ccc(C)cc32)cc1. The van der Waals surface area contributed by atoms with E-state index >= 15 is 0 Å². The molecular formula is C27H27N3O6S2. The maximum absolute atomic E-state index is 13.7. The number of carbonyl (C=O) groups is 1. The molecule has 0 bridgehead atoms. The van der Waals surface area contributed by atoms with E-state index < -0.39 is 22.0 Å². The van der Waals surface area contributed by atoms with Crippen molar-refractivity contribution in [2.75, 3.05) is 23.3 Å². The van der Waals surface area contributed by atoms with Crippen molar-refractivity contribution in [3.05, 3.63) is 75.9 Å². The summed E-state index contributed by atoms with van der Waals surface area (Å²) in [6, 6.07) is 16.5. The molecule has 2 heterocycles. The summed E-state index contributed by atoms with van der Waals surface area (Å²) in [5.41, 5.74) is 2.50. The van der Waals surface area contributed by atoms with E-state index in [1.54, 1.807) is 53.1 Å². The van der Waals surface area contributed by atoms with E-state index in [2.05, 4.69) is 5.32 Å². The number of carbonyl (C=O) groups excluding carboxylic acids is 1. The summed E-state index contributed by atoms with van der Waals surface area (Å²) < 4.78 is 42.2. The van der Waals surface area contributed by atoms with Crippen LogP contribution in [0.5, 0.6) is 11.5 Å². The molecule has 0 spiro atoms. The predicted octanol–water partition coefficient (Wildman–Crippen LogP) is 4.56. The number of thiazole rings is 1. The zero-order valence-corrected chi connectivity index (χ0v) is 22.9. The number of methoxy groups -OCH3 is 1. The number of nitrogens with one attached hydrogen (secondary N) is 1. The largest absolute Gasteiger partial charge is 0.497 e. The average Bonchev–Trinajstić information content (AvgIpc) is 3.23. The van der Waals surface area contributed by atoms with E-state index in [0.29, 0.717) is 22.9 Å². The van der Waals surface area contributed by atoms with Gasteiger partial charge < -0.3 is 14.8 Å². The lowest BCUT2D eigenvalue weighted by Crippen LogP contribution is -2.48. The molecular weight excluding hydrogens is 526 g/mol. The number of rotatable bonds is 6. The Hall–Kier alpha value is -3.83. The van der Waals surface area contributed by atoms with E-state index in [-0.39, 0.29) is 22.4 Å². The molecule has 1 aliphatic rings. The maximum atomic E-state index is 13.7. The van der Waals surface area contributed by atoms with Gasteiger partial charge in [0.25, 0.3) is 15.9 Å². The molecule has 5 rings (SSSR count). The number of aryl methyl sites for hydroxylation is 1. The van der Waals surface area contributed by atoms with E-state index in [1.165, 1.54) is 23.5 Å². The van der Waals surface area contributed by atoms with Gasteiger partial charge in [-0.2, -0.15) is 0 Å². The minimum atomic E-state index is -4.01. The quantitative estimate of drug-likeness (QED) is 0.375. The van der Waals surface area contributed by atoms with Gasteiger partial charge in [-0.1, -0.05) is 17.4 Å². The lowest BCUT2D eigenvalue weighted by Gasteiger charge is -2.35. The molecule has 0 saturated heterocycles. The Morgan fingerprint density at radius 2 is 1.84 bits per heavy atom. The smallest absolute Gasteiger partial charge is 0.308 e. The van der Waals surface area contributed by atoms with E-state index in [9.17, 15) is 18.0 Å². The number of anilines is 2. The van der Waals surface area contributed by atoms with Crippen LogP contribution >= 0.6 is 11.3 Å². The normalized spacial score (nSPS) is 15.3. The van der Waals surface area contributed by atoms with Crippen molar-refractivity contribution < 1.29 is 22.7 Å². The maximum Gasteiger partial charge on any atom is 0.308 e. The van der Waals surface area contributed by atoms with Gasteiger partial charge in [-0.15, -0.1) is 0 Å². The molecule has 38 heavy (non-hydrogen) atoms. The van der Waals surface area contributed by atoms with Crippen molar-refractivity contribution in [1.29, 1.82) is 0 Å². The predicted molar refractivity (Wildman–Crippen MR) is 148 cm³/mol. The monoisotopic (exact) mass is 553 g/mol. The molecule has 9 nitrogen and oxygen atoms in total. The first-order valence-corrected chi connectivity index (χ1v) is 14.2. The molecule has 3 aromatic carbocycles. The van der Waals surface area contributed by atoms with E-state index in [4.69, 9.17) is 9.47 Å². The van der Waals surface area contributed by atoms with Crippen LogP contribution < -0.4 is 24.0 Å². The van der Waals surface area contributed by atoms with Crippen LogP contribution in [0, 0.1) is 6.92 Å². The van der Waals surface area contributed by atoms with Crippen LogP contribution in [0.1, 0.15) is 25.5 Å². The molecule has 1 amide bonds. The highest BCUT2D eigenvalue weighted by molar-refractivity contribution is 7.92. The van der Waals surface area contributed by atoms with Gasteiger partial charge in [0.2, 0.25) is 0 Å². The van der Waals surface area contributed by atoms with Gasteiger partial charge in [0, 0.05) is 11.7 Å². The summed E-state index contributed by atoms with van der Waals surface area (Å²) in [6.45, 7) is 5.52. The number of nitrogens with zero attached hydrogens (tertiary/aromatic N) is 2. The topological polar surface area (TPSA) is 107 Å². The molecule has 0 saturated carbocycles. The second kappa shape index (κ2) is 9.80. The summed E-state index contributed by atoms with van der Waals surface area (Å²) in [5, 5.41) is 2.82. The molecule has 1 atom stereocenters. The molecule has 1 aromatic heterocycles. The number of sulfonamides is 1. The highest BCUT2D eigenvalue weighted by Crippen LogP contribution is 2.38. The zero-order chi connectivity index (χ0) is 27.2. The summed E-state index contributed by atoms with van der Waals surface area (Å²) >= 11 is 1.11. The van der Waals surface area contributed by atoms with Crippen LogP contribution in [0.25, 0.3) is 10.2 Å². The standard InChI is InChI=1S/C27H27N3O6S2/c1-16(2)30-21-11-6-18(14-25(21)37-27(30)32)28-26(31)24-15-29(22-13-17(3)5-12-23(22)36-24)38(33,34)20-9-7-19(35-4)8-10-20/h5-14,16,24H,15H2,1-4H3,(H,28,31)/t24-/m0/s1. The fourth-order valence-electron chi connectivity index (χ4n) is 4.43. The van der Waals surface area contributed by atoms with Gasteiger partial charge in [0.05, 0.1) is 34.5 Å². The summed E-state index contributed by atoms with van der Waals surface area (Å²) in [4.78, 5) is 25.7. The van der Waals surface area contributed by atoms with Crippen LogP contribution in [0.3, 0.4) is 0 Å². The second-order valence-electron chi connectivity index (χ2n) is 9.29. The lowest BCUT2D eigenvalue weighted by molar-refractivity contribution is -0.122. The zero-order valence-electron chi connectivity index (χ0n) is 21.3. The molecule has 1 N–H and O–H groups in total. The second-order valence-corrected chi connectivity index (χ2v) is 12.1. The molecule has 0 aliphatic carbocycles. The van der Waals surface area contributed by atoms with E-state index in [1.807, 2.05) is 20.8 Å². The third kappa shape index (κ3) is 4.63. The third-order valence-corrected chi connectivity index (χ3v) is 9.03. The number of aromatic nitrogens is 1. The molecule has 0 fully saturated rings. The fraction of sp³-hybridized carbons (Fsp3) is 0.259. The van der Waals surface area contributed by atoms with Crippen LogP contribution in [0.2, 0.25) is 0 Å². The highest BCUT2D eigenvalue weighted by atomic mass is 32.2. The first-order valence-electron chi connectivity index (χ1n) is 12.0. The number of hydrogen-bond acceptors (Lipinski definition) is 7. The first kappa shape index (κ1) is 25.8. The van der Waals surface area contributed by atoms with Gasteiger partial charge in [0.1, 0.15) is 11.5 Å². The summed E-state index contributed by atoms with van der Waals surface area (Å²) in [6.07, 6.45) is -1.10. The Kier molecular flexibility index (Phi) is 6.66. The minimum Gasteiger partial charge on any atom is -0.497 e. The molecule has 0 radical (unpaired) electrons. The highest BCUT2D eigenvalue weighted by Gasteiger charge is 2.37. The van der Waals surface area contributed by atoms with Crippen LogP contribution in [-0.2, 0) is 14.8 Å². The Bertz CT molecular complexity index is 1690. The number of hydrogen-bond donors (Lipinski definition) is 1. The lowest BCUT2D eigenvalue weighted by atomic mass is 10.1. The number of benzene rings is 3. The van der Waals surface area contributed by atoms with Crippen molar-refractivity contribution in [3.8, 4) is 11.5 Å². The van der Waals surface area contributed by atoms with Crippen LogP contribution in [-0.4, -0.2) is 38.7 Å². The van der Waals surface area contributed by atoms with Crippen LogP contribution in [0.4, 0.5) is 11.4 Å². The molecule has 1 aliphatic heterocycles. The molecule has 11 heteroatoms. The van der Waals surface area contributed by atoms with Crippen molar-refractivity contribution >= 4 is 48.9 Å². The molecule has 0 unspecified atom stereocenters.